The van der Waals surface area contributed by atoms with Gasteiger partial charge >= 0.3 is 12.2 Å². The van der Waals surface area contributed by atoms with Crippen LogP contribution in [0.3, 0.4) is 0 Å². The van der Waals surface area contributed by atoms with Crippen molar-refractivity contribution in [3.63, 3.8) is 0 Å². The van der Waals surface area contributed by atoms with E-state index in [2.05, 4.69) is 25.4 Å². The third-order valence-electron chi connectivity index (χ3n) is 2.25. The summed E-state index contributed by atoms with van der Waals surface area (Å²) in [6.07, 6.45) is -2.32. The molecule has 0 heterocycles. The van der Waals surface area contributed by atoms with Gasteiger partial charge in [-0.1, -0.05) is 15.9 Å². The minimum atomic E-state index is -4.33. The fourth-order valence-corrected chi connectivity index (χ4v) is 2.74. The highest BCUT2D eigenvalue weighted by Crippen LogP contribution is 2.18. The summed E-state index contributed by atoms with van der Waals surface area (Å²) >= 11 is 3.17. The molecule has 0 fully saturated rings. The lowest BCUT2D eigenvalue weighted by molar-refractivity contribution is 0.103. The fourth-order valence-electron chi connectivity index (χ4n) is 1.34. The standard InChI is InChI=1S/C12H15BrN2O6S/c1-3-20-11(16)14-15(12(17)21-4-2)22(18,19)10-7-5-9(13)6-8-10/h5-8H,3-4H2,1-2H3,(H,14,16). The number of ether oxygens (including phenoxy) is 2. The van der Waals surface area contributed by atoms with Gasteiger partial charge in [0, 0.05) is 4.47 Å². The zero-order valence-corrected chi connectivity index (χ0v) is 14.3. The molecule has 0 radical (unpaired) electrons. The maximum atomic E-state index is 12.4. The summed E-state index contributed by atoms with van der Waals surface area (Å²) in [4.78, 5) is 23.1. The Labute approximate surface area is 136 Å². The maximum Gasteiger partial charge on any atom is 0.443 e. The minimum absolute atomic E-state index is 0.0147. The summed E-state index contributed by atoms with van der Waals surface area (Å²) in [6.45, 7) is 3.00. The summed E-state index contributed by atoms with van der Waals surface area (Å²) in [5.41, 5.74) is 1.85. The molecule has 0 bridgehead atoms. The van der Waals surface area contributed by atoms with E-state index in [9.17, 15) is 18.0 Å². The number of hydrogen-bond acceptors (Lipinski definition) is 6. The van der Waals surface area contributed by atoms with Crippen LogP contribution in [0.25, 0.3) is 0 Å². The molecule has 0 aliphatic heterocycles. The van der Waals surface area contributed by atoms with Crippen molar-refractivity contribution < 1.29 is 27.5 Å². The van der Waals surface area contributed by atoms with E-state index in [1.807, 2.05) is 5.43 Å². The number of benzene rings is 1. The van der Waals surface area contributed by atoms with E-state index >= 15 is 0 Å². The number of halogens is 1. The molecule has 0 unspecified atom stereocenters. The Morgan fingerprint density at radius 1 is 1.14 bits per heavy atom. The largest absolute Gasteiger partial charge is 0.449 e. The summed E-state index contributed by atoms with van der Waals surface area (Å²) in [5, 5.41) is 0. The van der Waals surface area contributed by atoms with Gasteiger partial charge in [-0.2, -0.15) is 8.42 Å². The van der Waals surface area contributed by atoms with Gasteiger partial charge in [0.15, 0.2) is 0 Å². The molecule has 0 atom stereocenters. The van der Waals surface area contributed by atoms with Gasteiger partial charge in [0.1, 0.15) is 0 Å². The lowest BCUT2D eigenvalue weighted by Gasteiger charge is -2.21. The molecule has 1 aromatic carbocycles. The highest BCUT2D eigenvalue weighted by Gasteiger charge is 2.33. The molecule has 22 heavy (non-hydrogen) atoms. The van der Waals surface area contributed by atoms with Crippen molar-refractivity contribution in [2.75, 3.05) is 13.2 Å². The van der Waals surface area contributed by atoms with E-state index in [-0.39, 0.29) is 22.5 Å². The van der Waals surface area contributed by atoms with Gasteiger partial charge in [0.05, 0.1) is 18.1 Å². The fraction of sp³-hybridized carbons (Fsp3) is 0.333. The predicted molar refractivity (Wildman–Crippen MR) is 80.3 cm³/mol. The molecule has 8 nitrogen and oxygen atoms in total. The zero-order chi connectivity index (χ0) is 16.8. The predicted octanol–water partition coefficient (Wildman–Crippen LogP) is 2.26. The molecule has 122 valence electrons. The molecule has 0 aliphatic rings. The van der Waals surface area contributed by atoms with Gasteiger partial charge in [0.2, 0.25) is 0 Å². The molecular formula is C12H15BrN2O6S. The molecule has 0 aliphatic carbocycles. The van der Waals surface area contributed by atoms with Gasteiger partial charge in [-0.3, -0.25) is 0 Å². The normalized spacial score (nSPS) is 10.7. The van der Waals surface area contributed by atoms with Crippen molar-refractivity contribution in [1.82, 2.24) is 9.84 Å². The number of carbonyl (C=O) groups excluding carboxylic acids is 2. The second kappa shape index (κ2) is 7.99. The first-order chi connectivity index (χ1) is 10.3. The van der Waals surface area contributed by atoms with Crippen LogP contribution in [0.4, 0.5) is 9.59 Å². The molecule has 1 rings (SSSR count). The zero-order valence-electron chi connectivity index (χ0n) is 11.9. The Morgan fingerprint density at radius 2 is 1.68 bits per heavy atom. The maximum absolute atomic E-state index is 12.4. The molecule has 0 spiro atoms. The lowest BCUT2D eigenvalue weighted by Crippen LogP contribution is -2.50. The van der Waals surface area contributed by atoms with Gasteiger partial charge in [0.25, 0.3) is 10.0 Å². The Hall–Kier alpha value is -1.81. The van der Waals surface area contributed by atoms with Gasteiger partial charge < -0.3 is 9.47 Å². The number of nitrogens with zero attached hydrogens (tertiary/aromatic N) is 1. The highest BCUT2D eigenvalue weighted by molar-refractivity contribution is 9.10. The first-order valence-corrected chi connectivity index (χ1v) is 8.47. The number of nitrogens with one attached hydrogen (secondary N) is 1. The van der Waals surface area contributed by atoms with E-state index < -0.39 is 22.2 Å². The quantitative estimate of drug-likeness (QED) is 0.785. The van der Waals surface area contributed by atoms with E-state index in [0.29, 0.717) is 4.47 Å². The molecule has 10 heteroatoms. The van der Waals surface area contributed by atoms with Gasteiger partial charge in [-0.15, -0.1) is 4.41 Å². The Balaban J connectivity index is 3.15. The average Bonchev–Trinajstić information content (AvgIpc) is 2.45. The van der Waals surface area contributed by atoms with E-state index in [4.69, 9.17) is 0 Å². The first kappa shape index (κ1) is 18.2. The van der Waals surface area contributed by atoms with Crippen LogP contribution in [-0.4, -0.2) is 38.2 Å². The van der Waals surface area contributed by atoms with Crippen molar-refractivity contribution in [2.45, 2.75) is 18.7 Å². The molecule has 0 aromatic heterocycles. The highest BCUT2D eigenvalue weighted by atomic mass is 79.9. The van der Waals surface area contributed by atoms with E-state index in [1.54, 1.807) is 0 Å². The Kier molecular flexibility index (Phi) is 6.62. The third kappa shape index (κ3) is 4.60. The second-order valence-corrected chi connectivity index (χ2v) is 6.46. The van der Waals surface area contributed by atoms with E-state index in [1.165, 1.54) is 38.1 Å². The number of carbonyl (C=O) groups is 2. The monoisotopic (exact) mass is 394 g/mol. The van der Waals surface area contributed by atoms with Crippen LogP contribution in [-0.2, 0) is 19.5 Å². The van der Waals surface area contributed by atoms with Crippen LogP contribution in [0.15, 0.2) is 33.6 Å². The van der Waals surface area contributed by atoms with Crippen LogP contribution in [0, 0.1) is 0 Å². The van der Waals surface area contributed by atoms with Crippen molar-refractivity contribution in [2.24, 2.45) is 0 Å². The number of sulfonamides is 1. The summed E-state index contributed by atoms with van der Waals surface area (Å²) in [6, 6.07) is 5.53. The molecule has 0 saturated heterocycles. The summed E-state index contributed by atoms with van der Waals surface area (Å²) < 4.78 is 34.9. The minimum Gasteiger partial charge on any atom is -0.449 e. The van der Waals surface area contributed by atoms with Crippen LogP contribution in [0.5, 0.6) is 0 Å². The molecule has 1 aromatic rings. The lowest BCUT2D eigenvalue weighted by atomic mass is 10.4. The number of hydrogen-bond donors (Lipinski definition) is 1. The van der Waals surface area contributed by atoms with Crippen LogP contribution in [0.1, 0.15) is 13.8 Å². The van der Waals surface area contributed by atoms with Crippen molar-refractivity contribution in [3.8, 4) is 0 Å². The van der Waals surface area contributed by atoms with Crippen molar-refractivity contribution in [3.05, 3.63) is 28.7 Å². The first-order valence-electron chi connectivity index (χ1n) is 6.24. The van der Waals surface area contributed by atoms with Crippen molar-refractivity contribution >= 4 is 38.1 Å². The number of hydrazine groups is 1. The topological polar surface area (TPSA) is 102 Å². The van der Waals surface area contributed by atoms with Gasteiger partial charge in [-0.05, 0) is 38.1 Å². The summed E-state index contributed by atoms with van der Waals surface area (Å²) in [5.74, 6) is 0. The molecule has 0 saturated carbocycles. The van der Waals surface area contributed by atoms with Crippen LogP contribution < -0.4 is 5.43 Å². The molecule has 1 N–H and O–H groups in total. The van der Waals surface area contributed by atoms with Gasteiger partial charge in [-0.25, -0.2) is 15.0 Å². The third-order valence-corrected chi connectivity index (χ3v) is 4.37. The smallest absolute Gasteiger partial charge is 0.443 e. The average molecular weight is 395 g/mol. The number of rotatable bonds is 4. The van der Waals surface area contributed by atoms with Crippen LogP contribution in [0.2, 0.25) is 0 Å². The van der Waals surface area contributed by atoms with E-state index in [0.717, 1.165) is 0 Å². The Morgan fingerprint density at radius 3 is 2.18 bits per heavy atom. The summed E-state index contributed by atoms with van der Waals surface area (Å²) in [7, 11) is -4.33. The number of amides is 2. The molecular weight excluding hydrogens is 380 g/mol. The SMILES string of the molecule is CCOC(=O)NN(C(=O)OCC)S(=O)(=O)c1ccc(Br)cc1. The Bertz CT molecular complexity index is 632. The second-order valence-electron chi connectivity index (χ2n) is 3.75. The van der Waals surface area contributed by atoms with Crippen molar-refractivity contribution in [1.29, 1.82) is 0 Å². The van der Waals surface area contributed by atoms with Crippen LogP contribution >= 0.6 is 15.9 Å². The molecule has 2 amide bonds.